The van der Waals surface area contributed by atoms with Crippen molar-refractivity contribution < 1.29 is 9.13 Å². The molecular weight excluding hydrogens is 329 g/mol. The molecule has 0 aliphatic carbocycles. The Balaban J connectivity index is 1.33. The van der Waals surface area contributed by atoms with Crippen LogP contribution >= 0.6 is 0 Å². The van der Waals surface area contributed by atoms with Crippen molar-refractivity contribution in [3.8, 4) is 5.75 Å². The zero-order chi connectivity index (χ0) is 17.9. The second-order valence-electron chi connectivity index (χ2n) is 7.14. The van der Waals surface area contributed by atoms with Crippen molar-refractivity contribution in [2.75, 3.05) is 50.1 Å². The maximum atomic E-state index is 13.4. The van der Waals surface area contributed by atoms with Crippen LogP contribution in [0.4, 0.5) is 15.8 Å². The Labute approximate surface area is 154 Å². The van der Waals surface area contributed by atoms with Gasteiger partial charge in [-0.2, -0.15) is 0 Å². The number of nitrogens with zero attached hydrogens (tertiary/aromatic N) is 2. The lowest BCUT2D eigenvalue weighted by Gasteiger charge is -2.39. The summed E-state index contributed by atoms with van der Waals surface area (Å²) in [5.41, 5.74) is 3.70. The summed E-state index contributed by atoms with van der Waals surface area (Å²) >= 11 is 0. The Morgan fingerprint density at radius 2 is 1.92 bits per heavy atom. The smallest absolute Gasteiger partial charge is 0.145 e. The van der Waals surface area contributed by atoms with E-state index in [9.17, 15) is 4.39 Å². The van der Waals surface area contributed by atoms with E-state index in [0.29, 0.717) is 11.8 Å². The molecule has 26 heavy (non-hydrogen) atoms. The third-order valence-corrected chi connectivity index (χ3v) is 5.47. The highest BCUT2D eigenvalue weighted by atomic mass is 19.1. The largest absolute Gasteiger partial charge is 0.494 e. The highest BCUT2D eigenvalue weighted by Crippen LogP contribution is 2.30. The topological polar surface area (TPSA) is 27.7 Å². The number of anilines is 2. The van der Waals surface area contributed by atoms with Crippen LogP contribution in [0.3, 0.4) is 0 Å². The first-order valence-corrected chi connectivity index (χ1v) is 9.38. The first-order valence-electron chi connectivity index (χ1n) is 9.38. The van der Waals surface area contributed by atoms with Crippen molar-refractivity contribution in [1.82, 2.24) is 4.90 Å². The quantitative estimate of drug-likeness (QED) is 0.910. The second kappa shape index (κ2) is 7.54. The van der Waals surface area contributed by atoms with E-state index >= 15 is 0 Å². The van der Waals surface area contributed by atoms with E-state index in [1.165, 1.54) is 29.8 Å². The van der Waals surface area contributed by atoms with Crippen LogP contribution in [-0.4, -0.2) is 50.8 Å². The molecule has 1 unspecified atom stereocenters. The first kappa shape index (κ1) is 17.2. The van der Waals surface area contributed by atoms with Gasteiger partial charge in [-0.15, -0.1) is 0 Å². The van der Waals surface area contributed by atoms with Gasteiger partial charge in [-0.05, 0) is 36.6 Å². The molecule has 1 atom stereocenters. The molecule has 0 saturated carbocycles. The van der Waals surface area contributed by atoms with Gasteiger partial charge in [0.15, 0.2) is 0 Å². The average molecular weight is 355 g/mol. The number of para-hydroxylation sites is 1. The standard InChI is InChI=1S/C21H26FN3O/c1-26-21-14-17(22)7-9-20(21)25-12-10-24(11-13-25)15-18-8-6-16-4-2-3-5-19(16)23-18/h2-5,7,9,14,18,23H,6,8,10-13,15H2,1H3. The summed E-state index contributed by atoms with van der Waals surface area (Å²) in [4.78, 5) is 4.82. The molecule has 2 aliphatic heterocycles. The Hall–Kier alpha value is -2.27. The van der Waals surface area contributed by atoms with Crippen molar-refractivity contribution in [3.63, 3.8) is 0 Å². The van der Waals surface area contributed by atoms with Crippen molar-refractivity contribution in [3.05, 3.63) is 53.8 Å². The van der Waals surface area contributed by atoms with E-state index < -0.39 is 0 Å². The summed E-state index contributed by atoms with van der Waals surface area (Å²) in [5, 5.41) is 3.69. The molecule has 0 spiro atoms. The van der Waals surface area contributed by atoms with Gasteiger partial charge in [0.2, 0.25) is 0 Å². The summed E-state index contributed by atoms with van der Waals surface area (Å²) in [6, 6.07) is 13.9. The molecule has 0 bridgehead atoms. The molecule has 2 aromatic rings. The summed E-state index contributed by atoms with van der Waals surface area (Å²) in [7, 11) is 1.60. The lowest BCUT2D eigenvalue weighted by Crippen LogP contribution is -2.50. The maximum absolute atomic E-state index is 13.4. The van der Waals surface area contributed by atoms with Crippen LogP contribution in [0.15, 0.2) is 42.5 Å². The molecule has 0 amide bonds. The molecule has 2 heterocycles. The van der Waals surface area contributed by atoms with Gasteiger partial charge in [0.25, 0.3) is 0 Å². The number of ether oxygens (including phenoxy) is 1. The van der Waals surface area contributed by atoms with E-state index in [-0.39, 0.29) is 5.82 Å². The fourth-order valence-corrected chi connectivity index (χ4v) is 4.03. The van der Waals surface area contributed by atoms with E-state index in [1.54, 1.807) is 7.11 Å². The van der Waals surface area contributed by atoms with Crippen molar-refractivity contribution in [2.45, 2.75) is 18.9 Å². The number of piperazine rings is 1. The fourth-order valence-electron chi connectivity index (χ4n) is 4.03. The number of benzene rings is 2. The minimum Gasteiger partial charge on any atom is -0.494 e. The molecule has 1 saturated heterocycles. The molecule has 0 aromatic heterocycles. The number of rotatable bonds is 4. The number of halogens is 1. The maximum Gasteiger partial charge on any atom is 0.145 e. The van der Waals surface area contributed by atoms with Gasteiger partial charge in [0.1, 0.15) is 11.6 Å². The third kappa shape index (κ3) is 3.63. The van der Waals surface area contributed by atoms with E-state index in [1.807, 2.05) is 6.07 Å². The number of nitrogens with one attached hydrogen (secondary N) is 1. The molecule has 2 aliphatic rings. The van der Waals surface area contributed by atoms with Crippen LogP contribution in [0, 0.1) is 5.82 Å². The first-order chi connectivity index (χ1) is 12.7. The van der Waals surface area contributed by atoms with Gasteiger partial charge >= 0.3 is 0 Å². The van der Waals surface area contributed by atoms with E-state index in [2.05, 4.69) is 39.4 Å². The summed E-state index contributed by atoms with van der Waals surface area (Å²) < 4.78 is 18.8. The van der Waals surface area contributed by atoms with Crippen LogP contribution in [0.2, 0.25) is 0 Å². The average Bonchev–Trinajstić information content (AvgIpc) is 2.68. The zero-order valence-corrected chi connectivity index (χ0v) is 15.2. The van der Waals surface area contributed by atoms with Gasteiger partial charge in [0, 0.05) is 50.5 Å². The van der Waals surface area contributed by atoms with Crippen molar-refractivity contribution >= 4 is 11.4 Å². The highest BCUT2D eigenvalue weighted by molar-refractivity contribution is 5.59. The number of methoxy groups -OCH3 is 1. The van der Waals surface area contributed by atoms with Gasteiger partial charge in [-0.1, -0.05) is 18.2 Å². The van der Waals surface area contributed by atoms with E-state index in [4.69, 9.17) is 4.74 Å². The number of hydrogen-bond acceptors (Lipinski definition) is 4. The Kier molecular flexibility index (Phi) is 4.98. The SMILES string of the molecule is COc1cc(F)ccc1N1CCN(CC2CCc3ccccc3N2)CC1. The molecule has 1 fully saturated rings. The summed E-state index contributed by atoms with van der Waals surface area (Å²) in [5.74, 6) is 0.358. The minimum absolute atomic E-state index is 0.257. The van der Waals surface area contributed by atoms with Gasteiger partial charge in [-0.25, -0.2) is 4.39 Å². The lowest BCUT2D eigenvalue weighted by atomic mass is 9.97. The van der Waals surface area contributed by atoms with Crippen molar-refractivity contribution in [2.24, 2.45) is 0 Å². The molecule has 2 aromatic carbocycles. The van der Waals surface area contributed by atoms with Gasteiger partial charge < -0.3 is 15.0 Å². The van der Waals surface area contributed by atoms with Crippen LogP contribution in [0.5, 0.6) is 5.75 Å². The molecule has 4 rings (SSSR count). The monoisotopic (exact) mass is 355 g/mol. The molecular formula is C21H26FN3O. The molecule has 138 valence electrons. The van der Waals surface area contributed by atoms with Crippen LogP contribution in [0.25, 0.3) is 0 Å². The molecule has 5 heteroatoms. The number of fused-ring (bicyclic) bond motifs is 1. The second-order valence-corrected chi connectivity index (χ2v) is 7.14. The molecule has 0 radical (unpaired) electrons. The van der Waals surface area contributed by atoms with Crippen LogP contribution in [-0.2, 0) is 6.42 Å². The Morgan fingerprint density at radius 1 is 1.12 bits per heavy atom. The lowest BCUT2D eigenvalue weighted by molar-refractivity contribution is 0.242. The Morgan fingerprint density at radius 3 is 2.73 bits per heavy atom. The summed E-state index contributed by atoms with van der Waals surface area (Å²) in [6.45, 7) is 4.97. The Bertz CT molecular complexity index is 759. The number of aryl methyl sites for hydroxylation is 1. The highest BCUT2D eigenvalue weighted by Gasteiger charge is 2.24. The van der Waals surface area contributed by atoms with E-state index in [0.717, 1.165) is 44.8 Å². The normalized spacial score (nSPS) is 20.4. The molecule has 4 nitrogen and oxygen atoms in total. The van der Waals surface area contributed by atoms with Gasteiger partial charge in [-0.3, -0.25) is 4.90 Å². The number of hydrogen-bond donors (Lipinski definition) is 1. The van der Waals surface area contributed by atoms with Crippen molar-refractivity contribution in [1.29, 1.82) is 0 Å². The predicted octanol–water partition coefficient (Wildman–Crippen LogP) is 3.38. The minimum atomic E-state index is -0.257. The van der Waals surface area contributed by atoms with Crippen LogP contribution in [0.1, 0.15) is 12.0 Å². The van der Waals surface area contributed by atoms with Gasteiger partial charge in [0.05, 0.1) is 12.8 Å². The zero-order valence-electron chi connectivity index (χ0n) is 15.2. The predicted molar refractivity (Wildman–Crippen MR) is 104 cm³/mol. The molecule has 1 N–H and O–H groups in total. The third-order valence-electron chi connectivity index (χ3n) is 5.47. The van der Waals surface area contributed by atoms with Crippen LogP contribution < -0.4 is 15.0 Å². The summed E-state index contributed by atoms with van der Waals surface area (Å²) in [6.07, 6.45) is 2.34. The fraction of sp³-hybridized carbons (Fsp3) is 0.429.